The van der Waals surface area contributed by atoms with Crippen LogP contribution in [-0.4, -0.2) is 22.1 Å². The minimum atomic E-state index is -0.779. The van der Waals surface area contributed by atoms with E-state index in [9.17, 15) is 9.18 Å². The molecule has 0 saturated carbocycles. The summed E-state index contributed by atoms with van der Waals surface area (Å²) in [6, 6.07) is 8.34. The van der Waals surface area contributed by atoms with E-state index in [1.807, 2.05) is 18.4 Å². The molecule has 0 fully saturated rings. The van der Waals surface area contributed by atoms with Gasteiger partial charge in [0.1, 0.15) is 0 Å². The summed E-state index contributed by atoms with van der Waals surface area (Å²) in [5.41, 5.74) is 1.41. The number of rotatable bonds is 3. The van der Waals surface area contributed by atoms with Crippen molar-refractivity contribution in [2.75, 3.05) is 11.6 Å². The van der Waals surface area contributed by atoms with Gasteiger partial charge in [-0.15, -0.1) is 11.3 Å². The minimum Gasteiger partial charge on any atom is -0.322 e. The molecule has 1 amide bonds. The van der Waals surface area contributed by atoms with Gasteiger partial charge in [-0.2, -0.15) is 4.39 Å². The Labute approximate surface area is 128 Å². The smallest absolute Gasteiger partial charge is 0.260 e. The Hall–Kier alpha value is -1.99. The summed E-state index contributed by atoms with van der Waals surface area (Å²) in [4.78, 5) is 19.9. The molecule has 3 aromatic rings. The number of carbonyl (C=O) groups is 1. The first-order chi connectivity index (χ1) is 10.2. The van der Waals surface area contributed by atoms with Gasteiger partial charge in [-0.1, -0.05) is 11.8 Å². The highest BCUT2D eigenvalue weighted by Gasteiger charge is 2.13. The molecular formula is C14H10FN3OS2. The van der Waals surface area contributed by atoms with Gasteiger partial charge in [0, 0.05) is 11.9 Å². The molecule has 1 N–H and O–H groups in total. The van der Waals surface area contributed by atoms with Crippen LogP contribution in [0, 0.1) is 5.95 Å². The number of pyridine rings is 1. The first-order valence-electron chi connectivity index (χ1n) is 6.04. The zero-order valence-electron chi connectivity index (χ0n) is 11.0. The van der Waals surface area contributed by atoms with Crippen LogP contribution in [-0.2, 0) is 0 Å². The van der Waals surface area contributed by atoms with Crippen molar-refractivity contribution in [1.29, 1.82) is 0 Å². The molecule has 0 aliphatic heterocycles. The summed E-state index contributed by atoms with van der Waals surface area (Å²) in [6.45, 7) is 0. The second kappa shape index (κ2) is 5.79. The van der Waals surface area contributed by atoms with Crippen LogP contribution in [0.2, 0.25) is 0 Å². The molecule has 2 aromatic heterocycles. The van der Waals surface area contributed by atoms with Gasteiger partial charge in [-0.25, -0.2) is 9.97 Å². The van der Waals surface area contributed by atoms with Crippen molar-refractivity contribution >= 4 is 44.9 Å². The van der Waals surface area contributed by atoms with Gasteiger partial charge >= 0.3 is 0 Å². The average Bonchev–Trinajstić information content (AvgIpc) is 2.90. The molecule has 0 saturated heterocycles. The van der Waals surface area contributed by atoms with E-state index in [2.05, 4.69) is 15.3 Å². The van der Waals surface area contributed by atoms with Gasteiger partial charge in [0.2, 0.25) is 5.95 Å². The summed E-state index contributed by atoms with van der Waals surface area (Å²) in [6.07, 6.45) is 3.27. The molecule has 4 nitrogen and oxygen atoms in total. The molecule has 106 valence electrons. The SMILES string of the molecule is CSc1nc2ccc(NC(=O)c3cccnc3F)cc2s1. The predicted octanol–water partition coefficient (Wildman–Crippen LogP) is 3.80. The lowest BCUT2D eigenvalue weighted by atomic mass is 10.2. The largest absolute Gasteiger partial charge is 0.322 e. The number of thiazole rings is 1. The Morgan fingerprint density at radius 1 is 1.38 bits per heavy atom. The molecule has 0 bridgehead atoms. The molecule has 0 atom stereocenters. The lowest BCUT2D eigenvalue weighted by Gasteiger charge is -2.05. The van der Waals surface area contributed by atoms with E-state index in [4.69, 9.17) is 0 Å². The van der Waals surface area contributed by atoms with Crippen molar-refractivity contribution in [3.63, 3.8) is 0 Å². The van der Waals surface area contributed by atoms with Crippen molar-refractivity contribution in [1.82, 2.24) is 9.97 Å². The normalized spacial score (nSPS) is 10.8. The zero-order valence-corrected chi connectivity index (χ0v) is 12.6. The summed E-state index contributed by atoms with van der Waals surface area (Å²) in [5.74, 6) is -1.30. The number of halogens is 1. The van der Waals surface area contributed by atoms with Gasteiger partial charge < -0.3 is 5.32 Å². The number of hydrogen-bond acceptors (Lipinski definition) is 5. The maximum absolute atomic E-state index is 13.5. The highest BCUT2D eigenvalue weighted by atomic mass is 32.2. The molecule has 3 rings (SSSR count). The molecule has 0 radical (unpaired) electrons. The second-order valence-corrected chi connectivity index (χ2v) is 6.25. The number of hydrogen-bond donors (Lipinski definition) is 1. The van der Waals surface area contributed by atoms with E-state index in [1.165, 1.54) is 18.3 Å². The van der Waals surface area contributed by atoms with Gasteiger partial charge in [-0.05, 0) is 36.6 Å². The van der Waals surface area contributed by atoms with Crippen LogP contribution in [0.4, 0.5) is 10.1 Å². The van der Waals surface area contributed by atoms with Gasteiger partial charge in [0.25, 0.3) is 5.91 Å². The van der Waals surface area contributed by atoms with E-state index in [0.29, 0.717) is 5.69 Å². The summed E-state index contributed by atoms with van der Waals surface area (Å²) < 4.78 is 15.4. The number of nitrogens with zero attached hydrogens (tertiary/aromatic N) is 2. The van der Waals surface area contributed by atoms with E-state index >= 15 is 0 Å². The Bertz CT molecular complexity index is 819. The minimum absolute atomic E-state index is 0.0771. The molecule has 21 heavy (non-hydrogen) atoms. The Morgan fingerprint density at radius 3 is 3.00 bits per heavy atom. The van der Waals surface area contributed by atoms with E-state index in [1.54, 1.807) is 29.2 Å². The van der Waals surface area contributed by atoms with Crippen LogP contribution >= 0.6 is 23.1 Å². The number of carbonyl (C=O) groups excluding carboxylic acids is 1. The molecule has 0 unspecified atom stereocenters. The number of anilines is 1. The molecule has 0 aliphatic carbocycles. The number of thioether (sulfide) groups is 1. The van der Waals surface area contributed by atoms with E-state index in [-0.39, 0.29) is 5.56 Å². The Morgan fingerprint density at radius 2 is 2.24 bits per heavy atom. The topological polar surface area (TPSA) is 54.9 Å². The van der Waals surface area contributed by atoms with Crippen molar-refractivity contribution in [2.45, 2.75) is 4.34 Å². The molecule has 0 spiro atoms. The van der Waals surface area contributed by atoms with Crippen molar-refractivity contribution in [2.24, 2.45) is 0 Å². The Balaban J connectivity index is 1.87. The van der Waals surface area contributed by atoms with Crippen molar-refractivity contribution in [3.8, 4) is 0 Å². The molecule has 0 aliphatic rings. The first kappa shape index (κ1) is 14.0. The third-order valence-corrected chi connectivity index (χ3v) is 4.81. The fourth-order valence-electron chi connectivity index (χ4n) is 1.82. The van der Waals surface area contributed by atoms with Gasteiger partial charge in [0.15, 0.2) is 4.34 Å². The number of nitrogens with one attached hydrogen (secondary N) is 1. The van der Waals surface area contributed by atoms with Crippen molar-refractivity contribution < 1.29 is 9.18 Å². The molecule has 1 aromatic carbocycles. The number of fused-ring (bicyclic) bond motifs is 1. The quantitative estimate of drug-likeness (QED) is 0.589. The van der Waals surface area contributed by atoms with Crippen LogP contribution in [0.25, 0.3) is 10.2 Å². The van der Waals surface area contributed by atoms with Gasteiger partial charge in [0.05, 0.1) is 15.8 Å². The van der Waals surface area contributed by atoms with E-state index in [0.717, 1.165) is 14.6 Å². The predicted molar refractivity (Wildman–Crippen MR) is 83.5 cm³/mol. The molecule has 7 heteroatoms. The molecule has 2 heterocycles. The van der Waals surface area contributed by atoms with Crippen LogP contribution in [0.1, 0.15) is 10.4 Å². The highest BCUT2D eigenvalue weighted by Crippen LogP contribution is 2.30. The standard InChI is InChI=1S/C14H10FN3OS2/c1-20-14-18-10-5-4-8(7-11(10)21-14)17-13(19)9-3-2-6-16-12(9)15/h2-7H,1H3,(H,17,19). The lowest BCUT2D eigenvalue weighted by molar-refractivity contribution is 0.102. The van der Waals surface area contributed by atoms with Crippen LogP contribution in [0.15, 0.2) is 40.9 Å². The van der Waals surface area contributed by atoms with Crippen LogP contribution < -0.4 is 5.32 Å². The maximum atomic E-state index is 13.5. The zero-order chi connectivity index (χ0) is 14.8. The number of amides is 1. The summed E-state index contributed by atoms with van der Waals surface area (Å²) in [5, 5.41) is 2.67. The fraction of sp³-hybridized carbons (Fsp3) is 0.0714. The first-order valence-corrected chi connectivity index (χ1v) is 8.08. The van der Waals surface area contributed by atoms with E-state index < -0.39 is 11.9 Å². The van der Waals surface area contributed by atoms with Crippen LogP contribution in [0.5, 0.6) is 0 Å². The fourth-order valence-corrected chi connectivity index (χ4v) is 3.35. The summed E-state index contributed by atoms with van der Waals surface area (Å²) >= 11 is 3.13. The van der Waals surface area contributed by atoms with Crippen molar-refractivity contribution in [3.05, 3.63) is 48.0 Å². The molecular weight excluding hydrogens is 309 g/mol. The second-order valence-electron chi connectivity index (χ2n) is 4.16. The number of aromatic nitrogens is 2. The maximum Gasteiger partial charge on any atom is 0.260 e. The third-order valence-electron chi connectivity index (χ3n) is 2.81. The van der Waals surface area contributed by atoms with Crippen LogP contribution in [0.3, 0.4) is 0 Å². The number of benzene rings is 1. The lowest BCUT2D eigenvalue weighted by Crippen LogP contribution is -2.14. The van der Waals surface area contributed by atoms with Gasteiger partial charge in [-0.3, -0.25) is 4.79 Å². The third kappa shape index (κ3) is 2.88. The average molecular weight is 319 g/mol. The monoisotopic (exact) mass is 319 g/mol. The highest BCUT2D eigenvalue weighted by molar-refractivity contribution is 8.00. The Kier molecular flexibility index (Phi) is 3.85. The summed E-state index contributed by atoms with van der Waals surface area (Å²) in [7, 11) is 0.